The molecule has 0 atom stereocenters. The fourth-order valence-corrected chi connectivity index (χ4v) is 1.25. The van der Waals surface area contributed by atoms with Crippen LogP contribution in [0.1, 0.15) is 6.92 Å². The first-order valence-corrected chi connectivity index (χ1v) is 4.69. The van der Waals surface area contributed by atoms with Gasteiger partial charge >= 0.3 is 5.69 Å². The van der Waals surface area contributed by atoms with Crippen LogP contribution >= 0.6 is 0 Å². The SMILES string of the molecule is C#CCN(CC)c1ccc([N+](=O)[O-])c(N)n1. The van der Waals surface area contributed by atoms with Gasteiger partial charge in [-0.2, -0.15) is 0 Å². The predicted molar refractivity (Wildman–Crippen MR) is 62.0 cm³/mol. The van der Waals surface area contributed by atoms with Gasteiger partial charge in [0.25, 0.3) is 0 Å². The van der Waals surface area contributed by atoms with Crippen LogP contribution in [-0.4, -0.2) is 23.0 Å². The Balaban J connectivity index is 3.05. The Labute approximate surface area is 93.2 Å². The van der Waals surface area contributed by atoms with E-state index in [2.05, 4.69) is 10.9 Å². The number of hydrogen-bond donors (Lipinski definition) is 1. The van der Waals surface area contributed by atoms with Gasteiger partial charge in [-0.15, -0.1) is 6.42 Å². The molecule has 6 heteroatoms. The lowest BCUT2D eigenvalue weighted by Crippen LogP contribution is -2.24. The first-order chi connectivity index (χ1) is 7.60. The number of rotatable bonds is 4. The average Bonchev–Trinajstić information content (AvgIpc) is 2.25. The second-order valence-corrected chi connectivity index (χ2v) is 3.05. The van der Waals surface area contributed by atoms with Crippen LogP contribution in [0, 0.1) is 22.5 Å². The van der Waals surface area contributed by atoms with E-state index in [0.29, 0.717) is 18.9 Å². The van der Waals surface area contributed by atoms with E-state index in [1.54, 1.807) is 4.90 Å². The molecule has 0 aromatic carbocycles. The monoisotopic (exact) mass is 220 g/mol. The quantitative estimate of drug-likeness (QED) is 0.465. The smallest absolute Gasteiger partial charge is 0.311 e. The van der Waals surface area contributed by atoms with Crippen molar-refractivity contribution in [1.29, 1.82) is 0 Å². The molecule has 1 rings (SSSR count). The molecular formula is C10H12N4O2. The summed E-state index contributed by atoms with van der Waals surface area (Å²) in [5.74, 6) is 2.93. The van der Waals surface area contributed by atoms with E-state index in [1.165, 1.54) is 12.1 Å². The number of nitro groups is 1. The summed E-state index contributed by atoms with van der Waals surface area (Å²) in [4.78, 5) is 15.7. The molecule has 0 saturated heterocycles. The van der Waals surface area contributed by atoms with Crippen molar-refractivity contribution in [2.24, 2.45) is 0 Å². The van der Waals surface area contributed by atoms with Crippen LogP contribution in [-0.2, 0) is 0 Å². The highest BCUT2D eigenvalue weighted by Gasteiger charge is 2.14. The molecule has 16 heavy (non-hydrogen) atoms. The maximum Gasteiger partial charge on any atom is 0.311 e. The zero-order valence-electron chi connectivity index (χ0n) is 8.88. The lowest BCUT2D eigenvalue weighted by atomic mass is 10.3. The van der Waals surface area contributed by atoms with E-state index < -0.39 is 4.92 Å². The van der Waals surface area contributed by atoms with Crippen molar-refractivity contribution in [3.05, 3.63) is 22.2 Å². The van der Waals surface area contributed by atoms with Crippen LogP contribution in [0.15, 0.2) is 12.1 Å². The van der Waals surface area contributed by atoms with Crippen LogP contribution < -0.4 is 10.6 Å². The topological polar surface area (TPSA) is 85.3 Å². The van der Waals surface area contributed by atoms with Gasteiger partial charge in [0, 0.05) is 12.6 Å². The van der Waals surface area contributed by atoms with Gasteiger partial charge in [0.05, 0.1) is 11.5 Å². The second-order valence-electron chi connectivity index (χ2n) is 3.05. The van der Waals surface area contributed by atoms with Crippen molar-refractivity contribution in [2.45, 2.75) is 6.92 Å². The zero-order valence-corrected chi connectivity index (χ0v) is 8.88. The normalized spacial score (nSPS) is 9.50. The van der Waals surface area contributed by atoms with Crippen molar-refractivity contribution in [3.63, 3.8) is 0 Å². The van der Waals surface area contributed by atoms with Crippen molar-refractivity contribution in [1.82, 2.24) is 4.98 Å². The Hall–Kier alpha value is -2.29. The largest absolute Gasteiger partial charge is 0.378 e. The Morgan fingerprint density at radius 3 is 2.81 bits per heavy atom. The standard InChI is InChI=1S/C10H12N4O2/c1-3-7-13(4-2)9-6-5-8(14(15)16)10(11)12-9/h1,5-6H,4,7H2,2H3,(H2,11,12). The molecule has 1 aromatic heterocycles. The minimum Gasteiger partial charge on any atom is -0.378 e. The maximum atomic E-state index is 10.5. The van der Waals surface area contributed by atoms with E-state index in [0.717, 1.165) is 0 Å². The molecule has 1 heterocycles. The van der Waals surface area contributed by atoms with Crippen molar-refractivity contribution in [2.75, 3.05) is 23.7 Å². The number of nitrogen functional groups attached to an aromatic ring is 1. The first-order valence-electron chi connectivity index (χ1n) is 4.69. The molecule has 2 N–H and O–H groups in total. The van der Waals surface area contributed by atoms with Crippen molar-refractivity contribution in [3.8, 4) is 12.3 Å². The van der Waals surface area contributed by atoms with E-state index >= 15 is 0 Å². The third kappa shape index (κ3) is 2.39. The first kappa shape index (κ1) is 11.8. The number of terminal acetylenes is 1. The average molecular weight is 220 g/mol. The van der Waals surface area contributed by atoms with Gasteiger partial charge in [0.1, 0.15) is 5.82 Å². The fourth-order valence-electron chi connectivity index (χ4n) is 1.25. The van der Waals surface area contributed by atoms with Gasteiger partial charge < -0.3 is 10.6 Å². The summed E-state index contributed by atoms with van der Waals surface area (Å²) in [5, 5.41) is 10.5. The Kier molecular flexibility index (Phi) is 3.67. The molecule has 0 amide bonds. The highest BCUT2D eigenvalue weighted by Crippen LogP contribution is 2.22. The predicted octanol–water partition coefficient (Wildman–Crippen LogP) is 1.03. The molecule has 0 bridgehead atoms. The lowest BCUT2D eigenvalue weighted by Gasteiger charge is -2.18. The molecule has 1 aromatic rings. The molecule has 0 unspecified atom stereocenters. The number of pyridine rings is 1. The van der Waals surface area contributed by atoms with Gasteiger partial charge in [-0.05, 0) is 13.0 Å². The summed E-state index contributed by atoms with van der Waals surface area (Å²) in [6.07, 6.45) is 5.20. The van der Waals surface area contributed by atoms with Crippen LogP contribution in [0.25, 0.3) is 0 Å². The van der Waals surface area contributed by atoms with Crippen LogP contribution in [0.2, 0.25) is 0 Å². The van der Waals surface area contributed by atoms with Crippen LogP contribution in [0.5, 0.6) is 0 Å². The van der Waals surface area contributed by atoms with Gasteiger partial charge in [-0.3, -0.25) is 10.1 Å². The van der Waals surface area contributed by atoms with E-state index in [9.17, 15) is 10.1 Å². The molecule has 0 spiro atoms. The molecule has 6 nitrogen and oxygen atoms in total. The molecule has 0 radical (unpaired) electrons. The van der Waals surface area contributed by atoms with E-state index in [-0.39, 0.29) is 11.5 Å². The zero-order chi connectivity index (χ0) is 12.1. The summed E-state index contributed by atoms with van der Waals surface area (Å²) in [5.41, 5.74) is 5.29. The highest BCUT2D eigenvalue weighted by atomic mass is 16.6. The molecule has 84 valence electrons. The Bertz CT molecular complexity index is 439. The number of hydrogen-bond acceptors (Lipinski definition) is 5. The van der Waals surface area contributed by atoms with E-state index in [4.69, 9.17) is 12.2 Å². The molecule has 0 aliphatic carbocycles. The number of anilines is 2. The molecule has 0 aliphatic rings. The molecule has 0 saturated carbocycles. The van der Waals surface area contributed by atoms with Gasteiger partial charge in [0.2, 0.25) is 5.82 Å². The van der Waals surface area contributed by atoms with Gasteiger partial charge in [-0.1, -0.05) is 5.92 Å². The minimum atomic E-state index is -0.566. The van der Waals surface area contributed by atoms with E-state index in [1.807, 2.05) is 6.92 Å². The second kappa shape index (κ2) is 4.98. The van der Waals surface area contributed by atoms with Gasteiger partial charge in [0.15, 0.2) is 0 Å². The lowest BCUT2D eigenvalue weighted by molar-refractivity contribution is -0.384. The highest BCUT2D eigenvalue weighted by molar-refractivity contribution is 5.58. The van der Waals surface area contributed by atoms with Crippen molar-refractivity contribution < 1.29 is 4.92 Å². The molecule has 0 aliphatic heterocycles. The van der Waals surface area contributed by atoms with Crippen molar-refractivity contribution >= 4 is 17.3 Å². The number of nitrogens with two attached hydrogens (primary N) is 1. The summed E-state index contributed by atoms with van der Waals surface area (Å²) >= 11 is 0. The molecular weight excluding hydrogens is 208 g/mol. The Morgan fingerprint density at radius 2 is 2.38 bits per heavy atom. The van der Waals surface area contributed by atoms with Gasteiger partial charge in [-0.25, -0.2) is 4.98 Å². The fraction of sp³-hybridized carbons (Fsp3) is 0.300. The Morgan fingerprint density at radius 1 is 1.69 bits per heavy atom. The number of aromatic nitrogens is 1. The minimum absolute atomic E-state index is 0.0991. The summed E-state index contributed by atoms with van der Waals surface area (Å²) in [7, 11) is 0. The third-order valence-corrected chi connectivity index (χ3v) is 2.07. The molecule has 0 fully saturated rings. The van der Waals surface area contributed by atoms with Crippen LogP contribution in [0.4, 0.5) is 17.3 Å². The third-order valence-electron chi connectivity index (χ3n) is 2.07. The number of nitrogens with zero attached hydrogens (tertiary/aromatic N) is 3. The summed E-state index contributed by atoms with van der Waals surface area (Å²) in [6.45, 7) is 2.96. The summed E-state index contributed by atoms with van der Waals surface area (Å²) in [6, 6.07) is 2.87. The maximum absolute atomic E-state index is 10.5. The summed E-state index contributed by atoms with van der Waals surface area (Å²) < 4.78 is 0. The van der Waals surface area contributed by atoms with Crippen LogP contribution in [0.3, 0.4) is 0 Å².